The third kappa shape index (κ3) is 3.27. The van der Waals surface area contributed by atoms with Crippen molar-refractivity contribution in [3.05, 3.63) is 56.2 Å². The van der Waals surface area contributed by atoms with Gasteiger partial charge < -0.3 is 4.74 Å². The zero-order valence-electron chi connectivity index (χ0n) is 13.9. The Morgan fingerprint density at radius 3 is 2.50 bits per heavy atom. The van der Waals surface area contributed by atoms with Gasteiger partial charge in [0.2, 0.25) is 5.78 Å². The van der Waals surface area contributed by atoms with Gasteiger partial charge in [-0.25, -0.2) is 4.79 Å². The van der Waals surface area contributed by atoms with Crippen molar-refractivity contribution in [3.63, 3.8) is 0 Å². The highest BCUT2D eigenvalue weighted by Gasteiger charge is 2.41. The maximum atomic E-state index is 12.5. The largest absolute Gasteiger partial charge is 0.456 e. The molecule has 3 rings (SSSR count). The molecule has 26 heavy (non-hydrogen) atoms. The number of carbonyl (C=O) groups is 4. The van der Waals surface area contributed by atoms with Crippen molar-refractivity contribution >= 4 is 46.5 Å². The number of thiophene rings is 1. The monoisotopic (exact) mass is 391 g/mol. The predicted molar refractivity (Wildman–Crippen MR) is 95.8 cm³/mol. The first-order valence-corrected chi connectivity index (χ1v) is 8.92. The van der Waals surface area contributed by atoms with Crippen LogP contribution in [0.1, 0.15) is 42.9 Å². The van der Waals surface area contributed by atoms with E-state index in [0.717, 1.165) is 21.8 Å². The van der Waals surface area contributed by atoms with E-state index in [2.05, 4.69) is 0 Å². The lowest BCUT2D eigenvalue weighted by atomic mass is 10.1. The molecule has 1 aromatic heterocycles. The molecule has 1 unspecified atom stereocenters. The van der Waals surface area contributed by atoms with Crippen LogP contribution in [0.5, 0.6) is 0 Å². The number of carbonyl (C=O) groups excluding carboxylic acids is 4. The first-order chi connectivity index (χ1) is 12.3. The Morgan fingerprint density at radius 1 is 1.15 bits per heavy atom. The normalized spacial score (nSPS) is 14.3. The van der Waals surface area contributed by atoms with E-state index in [1.807, 2.05) is 0 Å². The number of esters is 1. The molecule has 0 radical (unpaired) electrons. The second-order valence-electron chi connectivity index (χ2n) is 5.84. The number of rotatable bonds is 5. The van der Waals surface area contributed by atoms with Gasteiger partial charge in [-0.2, -0.15) is 0 Å². The molecular weight excluding hydrogens is 378 g/mol. The highest BCUT2D eigenvalue weighted by Crippen LogP contribution is 2.26. The summed E-state index contributed by atoms with van der Waals surface area (Å²) in [7, 11) is 0. The zero-order chi connectivity index (χ0) is 19.0. The number of aryl methyl sites for hydroxylation is 1. The summed E-state index contributed by atoms with van der Waals surface area (Å²) in [5.74, 6) is -2.33. The fourth-order valence-corrected chi connectivity index (χ4v) is 3.59. The average molecular weight is 392 g/mol. The van der Waals surface area contributed by atoms with E-state index >= 15 is 0 Å². The molecule has 8 heteroatoms. The number of hydrogen-bond donors (Lipinski definition) is 0. The van der Waals surface area contributed by atoms with Crippen LogP contribution in [0.25, 0.3) is 0 Å². The molecule has 0 fully saturated rings. The molecule has 1 atom stereocenters. The summed E-state index contributed by atoms with van der Waals surface area (Å²) in [5.41, 5.74) is 1.35. The molecule has 1 aliphatic heterocycles. The first kappa shape index (κ1) is 18.3. The number of amides is 2. The van der Waals surface area contributed by atoms with Gasteiger partial charge in [0.1, 0.15) is 6.04 Å². The second-order valence-corrected chi connectivity index (χ2v) is 7.56. The van der Waals surface area contributed by atoms with Crippen molar-refractivity contribution < 1.29 is 23.9 Å². The van der Waals surface area contributed by atoms with Crippen LogP contribution < -0.4 is 0 Å². The number of Topliss-reactive ketones (excluding diaryl/α,β-unsaturated/α-hetero) is 1. The number of benzene rings is 1. The minimum Gasteiger partial charge on any atom is -0.456 e. The van der Waals surface area contributed by atoms with Crippen molar-refractivity contribution in [2.75, 3.05) is 6.61 Å². The number of ether oxygens (including phenoxy) is 1. The lowest BCUT2D eigenvalue weighted by Gasteiger charge is -2.20. The van der Waals surface area contributed by atoms with E-state index in [4.69, 9.17) is 16.3 Å². The maximum Gasteiger partial charge on any atom is 0.329 e. The van der Waals surface area contributed by atoms with Crippen LogP contribution >= 0.6 is 22.9 Å². The lowest BCUT2D eigenvalue weighted by molar-refractivity contribution is -0.146. The second kappa shape index (κ2) is 7.01. The van der Waals surface area contributed by atoms with Gasteiger partial charge in [0.15, 0.2) is 6.61 Å². The van der Waals surface area contributed by atoms with Crippen molar-refractivity contribution in [3.8, 4) is 0 Å². The molecule has 0 N–H and O–H groups in total. The average Bonchev–Trinajstić information content (AvgIpc) is 3.14. The van der Waals surface area contributed by atoms with Crippen LogP contribution in [0.4, 0.5) is 0 Å². The molecule has 2 aromatic rings. The minimum absolute atomic E-state index is 0.254. The van der Waals surface area contributed by atoms with E-state index in [1.165, 1.54) is 6.92 Å². The van der Waals surface area contributed by atoms with Gasteiger partial charge in [0.25, 0.3) is 11.8 Å². The summed E-state index contributed by atoms with van der Waals surface area (Å²) in [5, 5.41) is 0. The molecule has 6 nitrogen and oxygen atoms in total. The molecule has 0 bridgehead atoms. The standard InChI is InChI=1S/C18H14ClNO5S/c1-9-3-4-11-12(7-9)17(23)20(16(11)22)10(2)18(24)25-8-13(21)14-5-6-15(19)26-14/h3-7,10H,8H2,1-2H3. The fraction of sp³-hybridized carbons (Fsp3) is 0.222. The Morgan fingerprint density at radius 2 is 1.85 bits per heavy atom. The van der Waals surface area contributed by atoms with Crippen LogP contribution in [0.15, 0.2) is 30.3 Å². The third-order valence-electron chi connectivity index (χ3n) is 4.00. The topological polar surface area (TPSA) is 80.8 Å². The Kier molecular flexibility index (Phi) is 4.93. The van der Waals surface area contributed by atoms with Crippen molar-refractivity contribution in [1.82, 2.24) is 4.90 Å². The Hall–Kier alpha value is -2.51. The van der Waals surface area contributed by atoms with E-state index in [0.29, 0.717) is 9.21 Å². The molecule has 134 valence electrons. The van der Waals surface area contributed by atoms with Gasteiger partial charge in [0, 0.05) is 0 Å². The molecular formula is C18H14ClNO5S. The fourth-order valence-electron chi connectivity index (χ4n) is 2.62. The van der Waals surface area contributed by atoms with E-state index in [1.54, 1.807) is 37.3 Å². The molecule has 0 spiro atoms. The Balaban J connectivity index is 1.68. The van der Waals surface area contributed by atoms with Crippen LogP contribution in [-0.2, 0) is 9.53 Å². The van der Waals surface area contributed by atoms with Crippen LogP contribution in [0.3, 0.4) is 0 Å². The summed E-state index contributed by atoms with van der Waals surface area (Å²) in [6, 6.07) is 6.87. The molecule has 1 aromatic carbocycles. The maximum absolute atomic E-state index is 12.5. The smallest absolute Gasteiger partial charge is 0.329 e. The summed E-state index contributed by atoms with van der Waals surface area (Å²) in [4.78, 5) is 50.4. The van der Waals surface area contributed by atoms with Gasteiger partial charge in [-0.1, -0.05) is 23.2 Å². The van der Waals surface area contributed by atoms with Crippen molar-refractivity contribution in [1.29, 1.82) is 0 Å². The number of fused-ring (bicyclic) bond motifs is 1. The van der Waals surface area contributed by atoms with E-state index in [-0.39, 0.29) is 11.1 Å². The van der Waals surface area contributed by atoms with Gasteiger partial charge in [0.05, 0.1) is 20.3 Å². The predicted octanol–water partition coefficient (Wildman–Crippen LogP) is 3.12. The molecule has 2 amide bonds. The lowest BCUT2D eigenvalue weighted by Crippen LogP contribution is -2.44. The van der Waals surface area contributed by atoms with Crippen LogP contribution in [0, 0.1) is 6.92 Å². The van der Waals surface area contributed by atoms with Gasteiger partial charge in [-0.05, 0) is 38.1 Å². The number of ketones is 1. The number of imide groups is 1. The number of nitrogens with zero attached hydrogens (tertiary/aromatic N) is 1. The number of halogens is 1. The summed E-state index contributed by atoms with van der Waals surface area (Å²) >= 11 is 6.85. The Labute approximate surface area is 158 Å². The van der Waals surface area contributed by atoms with Crippen molar-refractivity contribution in [2.45, 2.75) is 19.9 Å². The van der Waals surface area contributed by atoms with E-state index in [9.17, 15) is 19.2 Å². The Bertz CT molecular complexity index is 935. The van der Waals surface area contributed by atoms with Crippen molar-refractivity contribution in [2.24, 2.45) is 0 Å². The summed E-state index contributed by atoms with van der Waals surface area (Å²) < 4.78 is 5.44. The molecule has 0 saturated heterocycles. The molecule has 2 heterocycles. The quantitative estimate of drug-likeness (QED) is 0.444. The molecule has 0 saturated carbocycles. The van der Waals surface area contributed by atoms with Crippen LogP contribution in [-0.4, -0.2) is 41.1 Å². The van der Waals surface area contributed by atoms with Crippen LogP contribution in [0.2, 0.25) is 4.34 Å². The highest BCUT2D eigenvalue weighted by molar-refractivity contribution is 7.18. The molecule has 1 aliphatic rings. The van der Waals surface area contributed by atoms with Gasteiger partial charge >= 0.3 is 5.97 Å². The van der Waals surface area contributed by atoms with E-state index < -0.39 is 36.2 Å². The van der Waals surface area contributed by atoms with Gasteiger partial charge in [-0.15, -0.1) is 11.3 Å². The SMILES string of the molecule is Cc1ccc2c(c1)C(=O)N(C(C)C(=O)OCC(=O)c1ccc(Cl)s1)C2=O. The third-order valence-corrected chi connectivity index (χ3v) is 5.27. The summed E-state index contributed by atoms with van der Waals surface area (Å²) in [6.45, 7) is 2.71. The minimum atomic E-state index is -1.14. The highest BCUT2D eigenvalue weighted by atomic mass is 35.5. The number of hydrogen-bond acceptors (Lipinski definition) is 6. The van der Waals surface area contributed by atoms with Gasteiger partial charge in [-0.3, -0.25) is 19.3 Å². The molecule has 0 aliphatic carbocycles. The first-order valence-electron chi connectivity index (χ1n) is 7.73. The zero-order valence-corrected chi connectivity index (χ0v) is 15.5. The summed E-state index contributed by atoms with van der Waals surface area (Å²) in [6.07, 6.45) is 0.